The molecule has 0 spiro atoms. The third-order valence-corrected chi connectivity index (χ3v) is 4.54. The highest BCUT2D eigenvalue weighted by Crippen LogP contribution is 2.48. The van der Waals surface area contributed by atoms with Gasteiger partial charge in [0.05, 0.1) is 23.3 Å². The summed E-state index contributed by atoms with van der Waals surface area (Å²) in [7, 11) is 0. The van der Waals surface area contributed by atoms with Crippen molar-refractivity contribution in [3.8, 4) is 0 Å². The molecule has 3 rings (SSSR count). The number of esters is 1. The van der Waals surface area contributed by atoms with Crippen LogP contribution in [-0.4, -0.2) is 24.6 Å². The number of hydrogen-bond acceptors (Lipinski definition) is 5. The van der Waals surface area contributed by atoms with Crippen molar-refractivity contribution < 1.29 is 19.4 Å². The van der Waals surface area contributed by atoms with Crippen LogP contribution in [0.2, 0.25) is 5.02 Å². The number of carboxylic acid groups (broad SMARTS) is 1. The van der Waals surface area contributed by atoms with Crippen molar-refractivity contribution in [1.29, 1.82) is 0 Å². The largest absolute Gasteiger partial charge is 0.545 e. The summed E-state index contributed by atoms with van der Waals surface area (Å²) in [4.78, 5) is 23.6. The fourth-order valence-corrected chi connectivity index (χ4v) is 3.54. The molecule has 2 aliphatic rings. The molecule has 1 aliphatic heterocycles. The summed E-state index contributed by atoms with van der Waals surface area (Å²) in [5, 5.41) is 14.9. The number of carboxylic acids is 1. The van der Waals surface area contributed by atoms with E-state index in [4.69, 9.17) is 16.3 Å². The number of allylic oxidation sites excluding steroid dienone is 2. The Bertz CT molecular complexity index is 670. The van der Waals surface area contributed by atoms with Gasteiger partial charge < -0.3 is 20.0 Å². The molecule has 1 aliphatic carbocycles. The smallest absolute Gasteiger partial charge is 0.328 e. The molecule has 6 heteroatoms. The highest BCUT2D eigenvalue weighted by Gasteiger charge is 2.43. The van der Waals surface area contributed by atoms with E-state index in [1.807, 2.05) is 12.2 Å². The van der Waals surface area contributed by atoms with E-state index in [1.165, 1.54) is 12.1 Å². The maximum Gasteiger partial charge on any atom is 0.328 e. The van der Waals surface area contributed by atoms with E-state index in [0.717, 1.165) is 0 Å². The molecule has 0 bridgehead atoms. The van der Waals surface area contributed by atoms with Crippen LogP contribution in [0.5, 0.6) is 0 Å². The van der Waals surface area contributed by atoms with Gasteiger partial charge in [-0.1, -0.05) is 29.8 Å². The second-order valence-corrected chi connectivity index (χ2v) is 5.81. The first kappa shape index (κ1) is 14.9. The molecule has 22 heavy (non-hydrogen) atoms. The van der Waals surface area contributed by atoms with E-state index >= 15 is 0 Å². The summed E-state index contributed by atoms with van der Waals surface area (Å²) in [6, 6.07) is 2.41. The Balaban J connectivity index is 2.11. The molecular weight excluding hydrogens is 306 g/mol. The quantitative estimate of drug-likeness (QED) is 0.677. The minimum Gasteiger partial charge on any atom is -0.545 e. The molecule has 0 radical (unpaired) electrons. The van der Waals surface area contributed by atoms with E-state index in [1.54, 1.807) is 6.92 Å². The first-order valence-corrected chi connectivity index (χ1v) is 7.56. The maximum atomic E-state index is 12.2. The fourth-order valence-electron chi connectivity index (χ4n) is 3.32. The van der Waals surface area contributed by atoms with Crippen LogP contribution in [0.1, 0.15) is 35.2 Å². The van der Waals surface area contributed by atoms with E-state index < -0.39 is 12.0 Å². The van der Waals surface area contributed by atoms with E-state index in [9.17, 15) is 14.7 Å². The molecular formula is C16H15ClNO4-. The SMILES string of the molecule is CCOC(=O)[C@@H]1Nc2c(Cl)ccc(C(=O)[O-])c2[C@@H]2C=CC[C@@H]12. The highest BCUT2D eigenvalue weighted by molar-refractivity contribution is 6.33. The Morgan fingerprint density at radius 2 is 2.23 bits per heavy atom. The summed E-state index contributed by atoms with van der Waals surface area (Å²) >= 11 is 6.20. The highest BCUT2D eigenvalue weighted by atomic mass is 35.5. The van der Waals surface area contributed by atoms with E-state index in [0.29, 0.717) is 29.3 Å². The number of carbonyl (C=O) groups is 2. The van der Waals surface area contributed by atoms with Gasteiger partial charge in [0, 0.05) is 17.4 Å². The Kier molecular flexibility index (Phi) is 3.83. The lowest BCUT2D eigenvalue weighted by Crippen LogP contribution is -2.44. The van der Waals surface area contributed by atoms with Crippen molar-refractivity contribution >= 4 is 29.2 Å². The molecule has 1 heterocycles. The predicted molar refractivity (Wildman–Crippen MR) is 79.8 cm³/mol. The number of ether oxygens (including phenoxy) is 1. The number of anilines is 1. The molecule has 1 N–H and O–H groups in total. The zero-order valence-electron chi connectivity index (χ0n) is 12.0. The van der Waals surface area contributed by atoms with Gasteiger partial charge >= 0.3 is 5.97 Å². The van der Waals surface area contributed by atoms with Crippen molar-refractivity contribution in [2.75, 3.05) is 11.9 Å². The van der Waals surface area contributed by atoms with Gasteiger partial charge in [-0.25, -0.2) is 4.79 Å². The fraction of sp³-hybridized carbons (Fsp3) is 0.375. The lowest BCUT2D eigenvalue weighted by Gasteiger charge is -2.37. The Morgan fingerprint density at radius 3 is 2.91 bits per heavy atom. The van der Waals surface area contributed by atoms with Crippen LogP contribution in [0.4, 0.5) is 5.69 Å². The van der Waals surface area contributed by atoms with Crippen LogP contribution < -0.4 is 10.4 Å². The molecule has 0 saturated heterocycles. The first-order valence-electron chi connectivity index (χ1n) is 7.18. The van der Waals surface area contributed by atoms with Crippen molar-refractivity contribution in [2.24, 2.45) is 5.92 Å². The maximum absolute atomic E-state index is 12.2. The molecule has 0 aromatic heterocycles. The topological polar surface area (TPSA) is 78.5 Å². The molecule has 3 atom stereocenters. The second-order valence-electron chi connectivity index (χ2n) is 5.40. The third kappa shape index (κ3) is 2.25. The normalized spacial score (nSPS) is 25.1. The molecule has 1 aromatic rings. The van der Waals surface area contributed by atoms with E-state index in [2.05, 4.69) is 5.32 Å². The average Bonchev–Trinajstić information content (AvgIpc) is 2.96. The van der Waals surface area contributed by atoms with Gasteiger partial charge in [-0.05, 0) is 25.0 Å². The number of rotatable bonds is 3. The van der Waals surface area contributed by atoms with Crippen molar-refractivity contribution in [1.82, 2.24) is 0 Å². The standard InChI is InChI=1S/C16H16ClNO4/c1-2-22-16(21)13-9-5-3-4-8(9)12-10(15(19)20)6-7-11(17)14(12)18-13/h3-4,6-9,13,18H,2,5H2,1H3,(H,19,20)/p-1/t8-,9-,13-/m1/s1. The van der Waals surface area contributed by atoms with Crippen molar-refractivity contribution in [2.45, 2.75) is 25.3 Å². The zero-order chi connectivity index (χ0) is 15.9. The summed E-state index contributed by atoms with van der Waals surface area (Å²) in [6.45, 7) is 2.04. The number of benzene rings is 1. The van der Waals surface area contributed by atoms with Gasteiger partial charge in [-0.3, -0.25) is 0 Å². The predicted octanol–water partition coefficient (Wildman–Crippen LogP) is 1.72. The molecule has 0 saturated carbocycles. The summed E-state index contributed by atoms with van der Waals surface area (Å²) in [6.07, 6.45) is 4.57. The monoisotopic (exact) mass is 320 g/mol. The number of halogens is 1. The molecule has 0 unspecified atom stereocenters. The molecule has 0 amide bonds. The Morgan fingerprint density at radius 1 is 1.45 bits per heavy atom. The molecule has 1 aromatic carbocycles. The summed E-state index contributed by atoms with van der Waals surface area (Å²) in [5.41, 5.74) is 1.18. The lowest BCUT2D eigenvalue weighted by atomic mass is 9.77. The van der Waals surface area contributed by atoms with Gasteiger partial charge in [-0.15, -0.1) is 0 Å². The first-order chi connectivity index (χ1) is 10.5. The van der Waals surface area contributed by atoms with Crippen LogP contribution in [0.15, 0.2) is 24.3 Å². The third-order valence-electron chi connectivity index (χ3n) is 4.23. The average molecular weight is 321 g/mol. The van der Waals surface area contributed by atoms with Crippen LogP contribution in [0, 0.1) is 5.92 Å². The molecule has 5 nitrogen and oxygen atoms in total. The number of hydrogen-bond donors (Lipinski definition) is 1. The van der Waals surface area contributed by atoms with Crippen LogP contribution in [-0.2, 0) is 9.53 Å². The van der Waals surface area contributed by atoms with Gasteiger partial charge in [0.2, 0.25) is 0 Å². The number of fused-ring (bicyclic) bond motifs is 3. The minimum atomic E-state index is -1.25. The molecule has 0 fully saturated rings. The van der Waals surface area contributed by atoms with Gasteiger partial charge in [-0.2, -0.15) is 0 Å². The van der Waals surface area contributed by atoms with Gasteiger partial charge in [0.1, 0.15) is 6.04 Å². The van der Waals surface area contributed by atoms with Gasteiger partial charge in [0.25, 0.3) is 0 Å². The Labute approximate surface area is 132 Å². The van der Waals surface area contributed by atoms with Crippen molar-refractivity contribution in [3.05, 3.63) is 40.4 Å². The Hall–Kier alpha value is -2.01. The van der Waals surface area contributed by atoms with E-state index in [-0.39, 0.29) is 23.4 Å². The van der Waals surface area contributed by atoms with Crippen LogP contribution in [0.3, 0.4) is 0 Å². The summed E-state index contributed by atoms with van der Waals surface area (Å²) in [5.74, 6) is -1.86. The zero-order valence-corrected chi connectivity index (χ0v) is 12.7. The van der Waals surface area contributed by atoms with Crippen molar-refractivity contribution in [3.63, 3.8) is 0 Å². The minimum absolute atomic E-state index is 0.0804. The van der Waals surface area contributed by atoms with Crippen LogP contribution in [0.25, 0.3) is 0 Å². The second kappa shape index (κ2) is 5.65. The van der Waals surface area contributed by atoms with Gasteiger partial charge in [0.15, 0.2) is 0 Å². The molecule has 116 valence electrons. The van der Waals surface area contributed by atoms with Crippen LogP contribution >= 0.6 is 11.6 Å². The lowest BCUT2D eigenvalue weighted by molar-refractivity contribution is -0.255. The summed E-state index contributed by atoms with van der Waals surface area (Å²) < 4.78 is 5.12. The number of carbonyl (C=O) groups excluding carboxylic acids is 2. The number of aromatic carboxylic acids is 1. The number of nitrogens with one attached hydrogen (secondary N) is 1.